The van der Waals surface area contributed by atoms with Gasteiger partial charge in [0, 0.05) is 17.6 Å². The first-order valence-electron chi connectivity index (χ1n) is 5.09. The molecule has 6 heteroatoms. The van der Waals surface area contributed by atoms with E-state index in [-0.39, 0.29) is 5.69 Å². The molecule has 3 N–H and O–H groups in total. The lowest BCUT2D eigenvalue weighted by molar-refractivity contribution is 1.08. The lowest BCUT2D eigenvalue weighted by Crippen LogP contribution is -2.12. The van der Waals surface area contributed by atoms with E-state index in [1.54, 1.807) is 12.3 Å². The molecular formula is C11H9N5O. The molecule has 0 fully saturated rings. The van der Waals surface area contributed by atoms with Gasteiger partial charge >= 0.3 is 5.69 Å². The maximum Gasteiger partial charge on any atom is 0.347 e. The minimum atomic E-state index is -0.387. The minimum absolute atomic E-state index is 0.387. The van der Waals surface area contributed by atoms with E-state index in [2.05, 4.69) is 25.5 Å². The largest absolute Gasteiger partial charge is 0.347 e. The smallest absolute Gasteiger partial charge is 0.323 e. The predicted molar refractivity (Wildman–Crippen MR) is 64.2 cm³/mol. The van der Waals surface area contributed by atoms with Gasteiger partial charge in [0.2, 0.25) is 0 Å². The Labute approximate surface area is 95.7 Å². The molecule has 0 aliphatic rings. The molecule has 0 aliphatic heterocycles. The molecule has 0 spiro atoms. The molecule has 0 aliphatic carbocycles. The first-order valence-corrected chi connectivity index (χ1v) is 5.09. The van der Waals surface area contributed by atoms with Gasteiger partial charge in [-0.15, -0.1) is 0 Å². The van der Waals surface area contributed by atoms with Crippen LogP contribution >= 0.6 is 0 Å². The summed E-state index contributed by atoms with van der Waals surface area (Å²) in [6, 6.07) is 9.22. The van der Waals surface area contributed by atoms with Gasteiger partial charge in [-0.1, -0.05) is 12.1 Å². The van der Waals surface area contributed by atoms with Gasteiger partial charge in [0.15, 0.2) is 5.82 Å². The Morgan fingerprint density at radius 2 is 2.06 bits per heavy atom. The van der Waals surface area contributed by atoms with Crippen molar-refractivity contribution in [2.75, 3.05) is 5.32 Å². The van der Waals surface area contributed by atoms with Crippen LogP contribution in [-0.2, 0) is 0 Å². The van der Waals surface area contributed by atoms with Crippen LogP contribution in [0.2, 0.25) is 0 Å². The zero-order valence-electron chi connectivity index (χ0n) is 8.77. The van der Waals surface area contributed by atoms with Crippen LogP contribution in [0.15, 0.2) is 41.3 Å². The van der Waals surface area contributed by atoms with E-state index in [1.807, 2.05) is 24.3 Å². The van der Waals surface area contributed by atoms with Crippen LogP contribution in [0.1, 0.15) is 0 Å². The van der Waals surface area contributed by atoms with Gasteiger partial charge in [-0.2, -0.15) is 10.1 Å². The van der Waals surface area contributed by atoms with E-state index >= 15 is 0 Å². The van der Waals surface area contributed by atoms with Crippen LogP contribution in [-0.4, -0.2) is 20.2 Å². The number of nitrogens with zero attached hydrogens (tertiary/aromatic N) is 2. The molecule has 3 aromatic rings. The van der Waals surface area contributed by atoms with Crippen molar-refractivity contribution in [2.45, 2.75) is 0 Å². The summed E-state index contributed by atoms with van der Waals surface area (Å²) >= 11 is 0. The van der Waals surface area contributed by atoms with Gasteiger partial charge in [-0.05, 0) is 12.1 Å². The molecule has 2 aromatic heterocycles. The molecule has 1 aromatic carbocycles. The summed E-state index contributed by atoms with van der Waals surface area (Å²) in [5, 5.41) is 10.5. The highest BCUT2D eigenvalue weighted by atomic mass is 16.1. The Morgan fingerprint density at radius 1 is 1.18 bits per heavy atom. The molecule has 0 amide bonds. The van der Waals surface area contributed by atoms with E-state index < -0.39 is 0 Å². The van der Waals surface area contributed by atoms with Crippen molar-refractivity contribution in [1.82, 2.24) is 20.2 Å². The summed E-state index contributed by atoms with van der Waals surface area (Å²) in [7, 11) is 0. The second-order valence-corrected chi connectivity index (χ2v) is 3.52. The number of rotatable bonds is 2. The molecule has 0 radical (unpaired) electrons. The Morgan fingerprint density at radius 3 is 2.88 bits per heavy atom. The van der Waals surface area contributed by atoms with Crippen LogP contribution in [0.5, 0.6) is 0 Å². The molecule has 0 saturated heterocycles. The Hall–Kier alpha value is -2.63. The third-order valence-corrected chi connectivity index (χ3v) is 2.38. The minimum Gasteiger partial charge on any atom is -0.323 e. The van der Waals surface area contributed by atoms with Crippen LogP contribution in [0.4, 0.5) is 11.6 Å². The number of anilines is 2. The Kier molecular flexibility index (Phi) is 2.11. The molecule has 17 heavy (non-hydrogen) atoms. The third-order valence-electron chi connectivity index (χ3n) is 2.38. The van der Waals surface area contributed by atoms with Crippen LogP contribution < -0.4 is 11.0 Å². The monoisotopic (exact) mass is 227 g/mol. The van der Waals surface area contributed by atoms with Gasteiger partial charge in [0.25, 0.3) is 0 Å². The number of hydrogen-bond donors (Lipinski definition) is 3. The van der Waals surface area contributed by atoms with Crippen molar-refractivity contribution in [2.24, 2.45) is 0 Å². The summed E-state index contributed by atoms with van der Waals surface area (Å²) in [5.41, 5.74) is 0.354. The quantitative estimate of drug-likeness (QED) is 0.617. The maximum atomic E-state index is 11.4. The van der Waals surface area contributed by atoms with Crippen molar-refractivity contribution in [3.63, 3.8) is 0 Å². The van der Waals surface area contributed by atoms with Crippen molar-refractivity contribution in [1.29, 1.82) is 0 Å². The van der Waals surface area contributed by atoms with E-state index in [9.17, 15) is 4.79 Å². The highest BCUT2D eigenvalue weighted by Crippen LogP contribution is 2.19. The normalized spacial score (nSPS) is 10.6. The molecule has 84 valence electrons. The van der Waals surface area contributed by atoms with Gasteiger partial charge < -0.3 is 10.3 Å². The fourth-order valence-electron chi connectivity index (χ4n) is 1.65. The molecule has 3 rings (SSSR count). The van der Waals surface area contributed by atoms with Gasteiger partial charge in [-0.25, -0.2) is 4.79 Å². The Balaban J connectivity index is 2.18. The first-order chi connectivity index (χ1) is 8.33. The van der Waals surface area contributed by atoms with Crippen molar-refractivity contribution >= 4 is 22.5 Å². The molecule has 6 nitrogen and oxygen atoms in total. The Bertz CT molecular complexity index is 701. The summed E-state index contributed by atoms with van der Waals surface area (Å²) < 4.78 is 0. The zero-order valence-corrected chi connectivity index (χ0v) is 8.77. The number of aromatic amines is 2. The predicted octanol–water partition coefficient (Wildman–Crippen LogP) is 1.39. The fraction of sp³-hybridized carbons (Fsp3) is 0. The molecule has 0 atom stereocenters. The molecule has 0 unspecified atom stereocenters. The molecular weight excluding hydrogens is 218 g/mol. The number of para-hydroxylation sites is 1. The lowest BCUT2D eigenvalue weighted by Gasteiger charge is -2.05. The summed E-state index contributed by atoms with van der Waals surface area (Å²) in [5.74, 6) is 1.12. The van der Waals surface area contributed by atoms with Gasteiger partial charge in [-0.3, -0.25) is 5.10 Å². The van der Waals surface area contributed by atoms with Crippen molar-refractivity contribution in [3.8, 4) is 0 Å². The topological polar surface area (TPSA) is 86.5 Å². The molecule has 0 saturated carbocycles. The highest BCUT2D eigenvalue weighted by molar-refractivity contribution is 5.90. The van der Waals surface area contributed by atoms with E-state index in [1.165, 1.54) is 0 Å². The van der Waals surface area contributed by atoms with Gasteiger partial charge in [0.1, 0.15) is 5.82 Å². The number of H-pyrrole nitrogens is 2. The summed E-state index contributed by atoms with van der Waals surface area (Å²) in [6.45, 7) is 0. The van der Waals surface area contributed by atoms with Crippen molar-refractivity contribution in [3.05, 3.63) is 47.0 Å². The number of benzene rings is 1. The number of nitrogens with one attached hydrogen (secondary N) is 3. The average Bonchev–Trinajstić information content (AvgIpc) is 2.81. The standard InChI is InChI=1S/C11H9N5O/c17-11-13-8-4-2-1-3-7(8)10(15-11)14-9-5-6-12-16-9/h1-6H,(H3,12,13,14,15,16,17). The number of aromatic nitrogens is 4. The maximum absolute atomic E-state index is 11.4. The van der Waals surface area contributed by atoms with Crippen LogP contribution in [0, 0.1) is 0 Å². The second-order valence-electron chi connectivity index (χ2n) is 3.52. The van der Waals surface area contributed by atoms with Crippen LogP contribution in [0.3, 0.4) is 0 Å². The third kappa shape index (κ3) is 1.76. The highest BCUT2D eigenvalue weighted by Gasteiger charge is 2.05. The second kappa shape index (κ2) is 3.75. The molecule has 0 bridgehead atoms. The SMILES string of the molecule is O=c1nc(Nc2cc[nH]n2)c2ccccc2[nH]1. The van der Waals surface area contributed by atoms with Crippen molar-refractivity contribution < 1.29 is 0 Å². The first kappa shape index (κ1) is 9.59. The van der Waals surface area contributed by atoms with E-state index in [0.717, 1.165) is 10.9 Å². The summed E-state index contributed by atoms with van der Waals surface area (Å²) in [6.07, 6.45) is 1.69. The fourth-order valence-corrected chi connectivity index (χ4v) is 1.65. The van der Waals surface area contributed by atoms with E-state index in [0.29, 0.717) is 11.6 Å². The van der Waals surface area contributed by atoms with E-state index in [4.69, 9.17) is 0 Å². The average molecular weight is 227 g/mol. The molecule has 2 heterocycles. The zero-order chi connectivity index (χ0) is 11.7. The van der Waals surface area contributed by atoms with Crippen LogP contribution in [0.25, 0.3) is 10.9 Å². The van der Waals surface area contributed by atoms with Gasteiger partial charge in [0.05, 0.1) is 5.52 Å². The number of fused-ring (bicyclic) bond motifs is 1. The summed E-state index contributed by atoms with van der Waals surface area (Å²) in [4.78, 5) is 18.0. The number of hydrogen-bond acceptors (Lipinski definition) is 4. The lowest BCUT2D eigenvalue weighted by atomic mass is 10.2.